The van der Waals surface area contributed by atoms with E-state index in [1.807, 2.05) is 35.0 Å². The second-order valence-electron chi connectivity index (χ2n) is 6.35. The van der Waals surface area contributed by atoms with Crippen molar-refractivity contribution < 1.29 is 9.90 Å². The summed E-state index contributed by atoms with van der Waals surface area (Å²) in [7, 11) is 1.78. The Morgan fingerprint density at radius 3 is 3.04 bits per heavy atom. The molecule has 1 aliphatic rings. The number of nitrogens with one attached hydrogen (secondary N) is 1. The minimum absolute atomic E-state index is 0.125. The van der Waals surface area contributed by atoms with Crippen molar-refractivity contribution in [2.75, 3.05) is 13.6 Å². The van der Waals surface area contributed by atoms with Gasteiger partial charge in [0.15, 0.2) is 0 Å². The first-order chi connectivity index (χ1) is 11.1. The highest BCUT2D eigenvalue weighted by Crippen LogP contribution is 2.24. The molecule has 0 spiro atoms. The van der Waals surface area contributed by atoms with Gasteiger partial charge in [-0.05, 0) is 25.0 Å². The summed E-state index contributed by atoms with van der Waals surface area (Å²) in [5, 5.41) is 12.9. The predicted molar refractivity (Wildman–Crippen MR) is 88.0 cm³/mol. The highest BCUT2D eigenvalue weighted by atomic mass is 16.3. The smallest absolute Gasteiger partial charge is 0.317 e. The molecule has 3 rings (SSSR count). The second kappa shape index (κ2) is 7.00. The lowest BCUT2D eigenvalue weighted by Crippen LogP contribution is -2.42. The maximum Gasteiger partial charge on any atom is 0.317 e. The summed E-state index contributed by atoms with van der Waals surface area (Å²) < 4.78 is 1.93. The zero-order valence-electron chi connectivity index (χ0n) is 13.5. The minimum Gasteiger partial charge on any atom is -0.393 e. The van der Waals surface area contributed by atoms with Crippen LogP contribution in [0.4, 0.5) is 4.79 Å². The number of carbonyl (C=O) groups excluding carboxylic acids is 1. The van der Waals surface area contributed by atoms with Crippen molar-refractivity contribution in [2.24, 2.45) is 5.92 Å². The Balaban J connectivity index is 1.51. The van der Waals surface area contributed by atoms with E-state index in [-0.39, 0.29) is 18.1 Å². The first kappa shape index (κ1) is 15.8. The van der Waals surface area contributed by atoms with E-state index in [4.69, 9.17) is 0 Å². The minimum atomic E-state index is -0.280. The Hall–Kier alpha value is -2.08. The van der Waals surface area contributed by atoms with Gasteiger partial charge >= 0.3 is 6.03 Å². The van der Waals surface area contributed by atoms with Gasteiger partial charge in [0, 0.05) is 31.9 Å². The summed E-state index contributed by atoms with van der Waals surface area (Å²) in [6, 6.07) is 5.69. The molecule has 23 heavy (non-hydrogen) atoms. The number of hydrogen-bond acceptors (Lipinski definition) is 3. The SMILES string of the molecule is CN(C[C@H]1CCCC[C@H]1O)C(=O)NCc1cn2ccccc2n1. The standard InChI is InChI=1S/C17H24N4O2/c1-20(11-13-6-2-3-7-15(13)22)17(23)18-10-14-12-21-9-5-4-8-16(21)19-14/h4-5,8-9,12-13,15,22H,2-3,6-7,10-11H2,1H3,(H,18,23)/t13-,15-/m1/s1. The fourth-order valence-corrected chi connectivity index (χ4v) is 3.21. The van der Waals surface area contributed by atoms with Crippen LogP contribution in [0.3, 0.4) is 0 Å². The van der Waals surface area contributed by atoms with Gasteiger partial charge in [-0.3, -0.25) is 0 Å². The van der Waals surface area contributed by atoms with Gasteiger partial charge in [0.05, 0.1) is 18.3 Å². The molecule has 124 valence electrons. The molecule has 2 atom stereocenters. The summed E-state index contributed by atoms with van der Waals surface area (Å²) in [4.78, 5) is 18.3. The van der Waals surface area contributed by atoms with E-state index in [2.05, 4.69) is 10.3 Å². The van der Waals surface area contributed by atoms with Gasteiger partial charge in [-0.1, -0.05) is 18.9 Å². The molecule has 2 amide bonds. The number of hydrogen-bond donors (Lipinski definition) is 2. The summed E-state index contributed by atoms with van der Waals surface area (Å²) in [6.45, 7) is 0.996. The number of carbonyl (C=O) groups is 1. The third-order valence-electron chi connectivity index (χ3n) is 4.56. The fourth-order valence-electron chi connectivity index (χ4n) is 3.21. The summed E-state index contributed by atoms with van der Waals surface area (Å²) in [5.41, 5.74) is 1.70. The first-order valence-electron chi connectivity index (χ1n) is 8.23. The monoisotopic (exact) mass is 316 g/mol. The van der Waals surface area contributed by atoms with E-state index in [1.165, 1.54) is 0 Å². The third-order valence-corrected chi connectivity index (χ3v) is 4.56. The van der Waals surface area contributed by atoms with Crippen LogP contribution in [0.1, 0.15) is 31.4 Å². The molecule has 0 aliphatic heterocycles. The quantitative estimate of drug-likeness (QED) is 0.907. The Morgan fingerprint density at radius 1 is 1.43 bits per heavy atom. The first-order valence-corrected chi connectivity index (χ1v) is 8.23. The van der Waals surface area contributed by atoms with Crippen molar-refractivity contribution >= 4 is 11.7 Å². The average molecular weight is 316 g/mol. The van der Waals surface area contributed by atoms with E-state index in [0.29, 0.717) is 13.1 Å². The van der Waals surface area contributed by atoms with E-state index >= 15 is 0 Å². The zero-order chi connectivity index (χ0) is 16.2. The lowest BCUT2D eigenvalue weighted by atomic mass is 9.86. The van der Waals surface area contributed by atoms with Crippen LogP contribution < -0.4 is 5.32 Å². The molecular weight excluding hydrogens is 292 g/mol. The lowest BCUT2D eigenvalue weighted by molar-refractivity contribution is 0.0565. The van der Waals surface area contributed by atoms with E-state index in [9.17, 15) is 9.90 Å². The van der Waals surface area contributed by atoms with E-state index < -0.39 is 0 Å². The van der Waals surface area contributed by atoms with Crippen molar-refractivity contribution in [3.63, 3.8) is 0 Å². The third kappa shape index (κ3) is 3.82. The Bertz CT molecular complexity index is 636. The molecule has 6 heteroatoms. The van der Waals surface area contributed by atoms with Crippen molar-refractivity contribution in [1.29, 1.82) is 0 Å². The molecule has 1 aliphatic carbocycles. The molecule has 0 unspecified atom stereocenters. The van der Waals surface area contributed by atoms with Gasteiger partial charge < -0.3 is 19.7 Å². The molecule has 0 aromatic carbocycles. The molecule has 0 radical (unpaired) electrons. The van der Waals surface area contributed by atoms with Gasteiger partial charge in [0.25, 0.3) is 0 Å². The van der Waals surface area contributed by atoms with Crippen molar-refractivity contribution in [3.05, 3.63) is 36.3 Å². The lowest BCUT2D eigenvalue weighted by Gasteiger charge is -2.31. The van der Waals surface area contributed by atoms with Crippen LogP contribution in [0.2, 0.25) is 0 Å². The highest BCUT2D eigenvalue weighted by Gasteiger charge is 2.25. The summed E-state index contributed by atoms with van der Waals surface area (Å²) >= 11 is 0. The van der Waals surface area contributed by atoms with Gasteiger partial charge in [-0.25, -0.2) is 9.78 Å². The van der Waals surface area contributed by atoms with Crippen LogP contribution >= 0.6 is 0 Å². The number of urea groups is 1. The molecule has 2 heterocycles. The number of imidazole rings is 1. The van der Waals surface area contributed by atoms with Gasteiger partial charge in [0.2, 0.25) is 0 Å². The normalized spacial score (nSPS) is 21.3. The number of pyridine rings is 1. The zero-order valence-corrected chi connectivity index (χ0v) is 13.5. The molecule has 0 bridgehead atoms. The number of fused-ring (bicyclic) bond motifs is 1. The molecule has 1 saturated carbocycles. The number of aliphatic hydroxyl groups excluding tert-OH is 1. The molecular formula is C17H24N4O2. The summed E-state index contributed by atoms with van der Waals surface area (Å²) in [5.74, 6) is 0.190. The number of amides is 2. The Morgan fingerprint density at radius 2 is 2.26 bits per heavy atom. The number of aliphatic hydroxyl groups is 1. The van der Waals surface area contributed by atoms with Gasteiger partial charge in [0.1, 0.15) is 5.65 Å². The van der Waals surface area contributed by atoms with Crippen molar-refractivity contribution in [2.45, 2.75) is 38.3 Å². The van der Waals surface area contributed by atoms with Crippen molar-refractivity contribution in [1.82, 2.24) is 19.6 Å². The summed E-state index contributed by atoms with van der Waals surface area (Å²) in [6.07, 6.45) is 7.63. The van der Waals surface area contributed by atoms with Gasteiger partial charge in [-0.15, -0.1) is 0 Å². The van der Waals surface area contributed by atoms with E-state index in [1.54, 1.807) is 11.9 Å². The molecule has 1 fully saturated rings. The van der Waals surface area contributed by atoms with E-state index in [0.717, 1.165) is 37.0 Å². The van der Waals surface area contributed by atoms with Crippen LogP contribution in [0.25, 0.3) is 5.65 Å². The number of nitrogens with zero attached hydrogens (tertiary/aromatic N) is 3. The molecule has 2 aromatic rings. The Kier molecular flexibility index (Phi) is 4.81. The molecule has 6 nitrogen and oxygen atoms in total. The average Bonchev–Trinajstić information content (AvgIpc) is 2.97. The van der Waals surface area contributed by atoms with Crippen LogP contribution in [-0.4, -0.2) is 45.1 Å². The van der Waals surface area contributed by atoms with Crippen LogP contribution in [0, 0.1) is 5.92 Å². The fraction of sp³-hybridized carbons (Fsp3) is 0.529. The topological polar surface area (TPSA) is 69.9 Å². The van der Waals surface area contributed by atoms with Crippen LogP contribution in [0.15, 0.2) is 30.6 Å². The largest absolute Gasteiger partial charge is 0.393 e. The highest BCUT2D eigenvalue weighted by molar-refractivity contribution is 5.73. The van der Waals surface area contributed by atoms with Crippen molar-refractivity contribution in [3.8, 4) is 0 Å². The molecule has 2 aromatic heterocycles. The number of rotatable bonds is 4. The Labute approximate surface area is 136 Å². The van der Waals surface area contributed by atoms with Gasteiger partial charge in [-0.2, -0.15) is 0 Å². The second-order valence-corrected chi connectivity index (χ2v) is 6.35. The maximum atomic E-state index is 12.2. The molecule has 2 N–H and O–H groups in total. The maximum absolute atomic E-state index is 12.2. The van der Waals surface area contributed by atoms with Crippen LogP contribution in [-0.2, 0) is 6.54 Å². The predicted octanol–water partition coefficient (Wildman–Crippen LogP) is 2.03. The number of aromatic nitrogens is 2. The molecule has 0 saturated heterocycles. The van der Waals surface area contributed by atoms with Crippen LogP contribution in [0.5, 0.6) is 0 Å².